The van der Waals surface area contributed by atoms with Crippen LogP contribution in [0.1, 0.15) is 36.0 Å². The maximum Gasteiger partial charge on any atom is 0.119 e. The molecule has 1 aliphatic rings. The van der Waals surface area contributed by atoms with Crippen LogP contribution < -0.4 is 4.74 Å². The number of piperidine rings is 1. The molecule has 1 saturated heterocycles. The summed E-state index contributed by atoms with van der Waals surface area (Å²) in [4.78, 5) is 3.22. The molecule has 1 heterocycles. The molecule has 0 bridgehead atoms. The van der Waals surface area contributed by atoms with Crippen LogP contribution in [0.5, 0.6) is 5.75 Å². The zero-order valence-corrected chi connectivity index (χ0v) is 14.4. The van der Waals surface area contributed by atoms with Gasteiger partial charge in [-0.1, -0.05) is 30.4 Å². The van der Waals surface area contributed by atoms with E-state index in [-0.39, 0.29) is 0 Å². The third-order valence-corrected chi connectivity index (χ3v) is 4.77. The van der Waals surface area contributed by atoms with Gasteiger partial charge in [0.05, 0.1) is 11.6 Å². The number of rotatable bonds is 4. The highest BCUT2D eigenvalue weighted by atomic mass is 32.1. The van der Waals surface area contributed by atoms with Gasteiger partial charge >= 0.3 is 0 Å². The predicted molar refractivity (Wildman–Crippen MR) is 99.1 cm³/mol. The minimum atomic E-state index is 0.389. The van der Waals surface area contributed by atoms with Crippen molar-refractivity contribution in [3.8, 4) is 11.8 Å². The summed E-state index contributed by atoms with van der Waals surface area (Å²) in [6.45, 7) is 2.50. The standard InChI is InChI=1S/C20H20N2OS/c21-14-17-6-2-3-7-18(17)15-23-19-10-8-16(9-11-19)20(24)22-12-4-1-5-13-22/h2-3,6-11H,1,4-5,12-13,15H2. The van der Waals surface area contributed by atoms with E-state index in [0.29, 0.717) is 12.2 Å². The van der Waals surface area contributed by atoms with Crippen LogP contribution in [0.25, 0.3) is 0 Å². The average Bonchev–Trinajstić information content (AvgIpc) is 2.67. The van der Waals surface area contributed by atoms with E-state index in [1.54, 1.807) is 6.07 Å². The molecular formula is C20H20N2OS. The summed E-state index contributed by atoms with van der Waals surface area (Å²) in [6, 6.07) is 17.6. The molecule has 122 valence electrons. The molecular weight excluding hydrogens is 316 g/mol. The molecule has 0 amide bonds. The van der Waals surface area contributed by atoms with Gasteiger partial charge < -0.3 is 9.64 Å². The predicted octanol–water partition coefficient (Wildman–Crippen LogP) is 4.30. The Morgan fingerprint density at radius 3 is 2.46 bits per heavy atom. The second-order valence-corrected chi connectivity index (χ2v) is 6.32. The van der Waals surface area contributed by atoms with Crippen LogP contribution in [0.3, 0.4) is 0 Å². The summed E-state index contributed by atoms with van der Waals surface area (Å²) in [6.07, 6.45) is 3.75. The van der Waals surface area contributed by atoms with Crippen molar-refractivity contribution in [2.24, 2.45) is 0 Å². The van der Waals surface area contributed by atoms with E-state index in [0.717, 1.165) is 35.0 Å². The summed E-state index contributed by atoms with van der Waals surface area (Å²) in [7, 11) is 0. The second kappa shape index (κ2) is 7.94. The zero-order valence-electron chi connectivity index (χ0n) is 13.6. The van der Waals surface area contributed by atoms with Gasteiger partial charge in [-0.05, 0) is 49.6 Å². The molecule has 0 atom stereocenters. The largest absolute Gasteiger partial charge is 0.489 e. The first kappa shape index (κ1) is 16.5. The summed E-state index contributed by atoms with van der Waals surface area (Å²) in [5.41, 5.74) is 2.62. The smallest absolute Gasteiger partial charge is 0.119 e. The minimum Gasteiger partial charge on any atom is -0.489 e. The Hall–Kier alpha value is -2.38. The van der Waals surface area contributed by atoms with Crippen LogP contribution in [0.2, 0.25) is 0 Å². The van der Waals surface area contributed by atoms with Crippen LogP contribution in [0, 0.1) is 11.3 Å². The number of hydrogen-bond donors (Lipinski definition) is 0. The SMILES string of the molecule is N#Cc1ccccc1COc1ccc(C(=S)N2CCCCC2)cc1. The van der Waals surface area contributed by atoms with Gasteiger partial charge in [-0.3, -0.25) is 0 Å². The van der Waals surface area contributed by atoms with Gasteiger partial charge in [-0.2, -0.15) is 5.26 Å². The lowest BCUT2D eigenvalue weighted by atomic mass is 10.1. The molecule has 0 aliphatic carbocycles. The Bertz CT molecular complexity index is 743. The van der Waals surface area contributed by atoms with Crippen LogP contribution >= 0.6 is 12.2 Å². The molecule has 0 aromatic heterocycles. The van der Waals surface area contributed by atoms with Crippen molar-refractivity contribution in [2.75, 3.05) is 13.1 Å². The maximum absolute atomic E-state index is 9.11. The molecule has 0 N–H and O–H groups in total. The van der Waals surface area contributed by atoms with Crippen molar-refractivity contribution < 1.29 is 4.74 Å². The highest BCUT2D eigenvalue weighted by Crippen LogP contribution is 2.19. The van der Waals surface area contributed by atoms with Crippen molar-refractivity contribution >= 4 is 17.2 Å². The fourth-order valence-electron chi connectivity index (χ4n) is 2.89. The highest BCUT2D eigenvalue weighted by molar-refractivity contribution is 7.80. The first-order chi connectivity index (χ1) is 11.8. The van der Waals surface area contributed by atoms with Gasteiger partial charge in [0.1, 0.15) is 17.3 Å². The summed E-state index contributed by atoms with van der Waals surface area (Å²) >= 11 is 5.61. The number of benzene rings is 2. The Labute approximate surface area is 148 Å². The molecule has 24 heavy (non-hydrogen) atoms. The van der Waals surface area contributed by atoms with E-state index < -0.39 is 0 Å². The van der Waals surface area contributed by atoms with Crippen molar-refractivity contribution in [3.63, 3.8) is 0 Å². The summed E-state index contributed by atoms with van der Waals surface area (Å²) < 4.78 is 5.81. The lowest BCUT2D eigenvalue weighted by Crippen LogP contribution is -2.34. The van der Waals surface area contributed by atoms with E-state index in [1.807, 2.05) is 42.5 Å². The molecule has 3 nitrogen and oxygen atoms in total. The minimum absolute atomic E-state index is 0.389. The lowest BCUT2D eigenvalue weighted by molar-refractivity contribution is 0.306. The van der Waals surface area contributed by atoms with Crippen molar-refractivity contribution in [1.82, 2.24) is 4.90 Å². The zero-order chi connectivity index (χ0) is 16.8. The molecule has 0 spiro atoms. The van der Waals surface area contributed by atoms with Crippen molar-refractivity contribution in [1.29, 1.82) is 5.26 Å². The second-order valence-electron chi connectivity index (χ2n) is 5.93. The monoisotopic (exact) mass is 336 g/mol. The number of ether oxygens (including phenoxy) is 1. The molecule has 0 saturated carbocycles. The highest BCUT2D eigenvalue weighted by Gasteiger charge is 2.14. The first-order valence-corrected chi connectivity index (χ1v) is 8.69. The third kappa shape index (κ3) is 3.93. The van der Waals surface area contributed by atoms with E-state index in [2.05, 4.69) is 11.0 Å². The Balaban J connectivity index is 1.62. The number of thiocarbonyl (C=S) groups is 1. The van der Waals surface area contributed by atoms with Gasteiger partial charge in [0, 0.05) is 24.2 Å². The molecule has 4 heteroatoms. The molecule has 0 unspecified atom stereocenters. The van der Waals surface area contributed by atoms with Crippen LogP contribution in [-0.4, -0.2) is 23.0 Å². The van der Waals surface area contributed by atoms with Gasteiger partial charge in [0.2, 0.25) is 0 Å². The topological polar surface area (TPSA) is 36.3 Å². The Morgan fingerprint density at radius 2 is 1.75 bits per heavy atom. The normalized spacial score (nSPS) is 14.0. The number of nitrogens with zero attached hydrogens (tertiary/aromatic N) is 2. The molecule has 1 fully saturated rings. The fraction of sp³-hybridized carbons (Fsp3) is 0.300. The quantitative estimate of drug-likeness (QED) is 0.780. The van der Waals surface area contributed by atoms with Crippen LogP contribution in [0.15, 0.2) is 48.5 Å². The molecule has 3 rings (SSSR count). The summed E-state index contributed by atoms with van der Waals surface area (Å²) in [5.74, 6) is 0.785. The average molecular weight is 336 g/mol. The van der Waals surface area contributed by atoms with Gasteiger partial charge in [-0.25, -0.2) is 0 Å². The Morgan fingerprint density at radius 1 is 1.04 bits per heavy atom. The van der Waals surface area contributed by atoms with E-state index in [9.17, 15) is 0 Å². The van der Waals surface area contributed by atoms with E-state index >= 15 is 0 Å². The molecule has 1 aliphatic heterocycles. The van der Waals surface area contributed by atoms with Crippen molar-refractivity contribution in [2.45, 2.75) is 25.9 Å². The third-order valence-electron chi connectivity index (χ3n) is 4.28. The Kier molecular flexibility index (Phi) is 5.45. The number of nitriles is 1. The lowest BCUT2D eigenvalue weighted by Gasteiger charge is -2.29. The molecule has 2 aromatic carbocycles. The van der Waals surface area contributed by atoms with E-state index in [1.165, 1.54) is 19.3 Å². The van der Waals surface area contributed by atoms with Crippen LogP contribution in [-0.2, 0) is 6.61 Å². The molecule has 2 aromatic rings. The summed E-state index contributed by atoms with van der Waals surface area (Å²) in [5, 5.41) is 9.11. The van der Waals surface area contributed by atoms with Gasteiger partial charge in [0.25, 0.3) is 0 Å². The fourth-order valence-corrected chi connectivity index (χ4v) is 3.21. The maximum atomic E-state index is 9.11. The first-order valence-electron chi connectivity index (χ1n) is 8.28. The van der Waals surface area contributed by atoms with Crippen LogP contribution in [0.4, 0.5) is 0 Å². The van der Waals surface area contributed by atoms with E-state index in [4.69, 9.17) is 22.2 Å². The van der Waals surface area contributed by atoms with Gasteiger partial charge in [0.15, 0.2) is 0 Å². The van der Waals surface area contributed by atoms with Gasteiger partial charge in [-0.15, -0.1) is 0 Å². The number of hydrogen-bond acceptors (Lipinski definition) is 3. The number of likely N-dealkylation sites (tertiary alicyclic amines) is 1. The van der Waals surface area contributed by atoms with Crippen molar-refractivity contribution in [3.05, 3.63) is 65.2 Å². The molecule has 0 radical (unpaired) electrons.